The lowest BCUT2D eigenvalue weighted by atomic mass is 10.1. The SMILES string of the molecule is CCC(C)NC(C)CC.CCCCCCCC(=O)O. The highest BCUT2D eigenvalue weighted by molar-refractivity contribution is 5.66. The maximum absolute atomic E-state index is 10.0. The van der Waals surface area contributed by atoms with Crippen molar-refractivity contribution in [3.63, 3.8) is 0 Å². The van der Waals surface area contributed by atoms with Gasteiger partial charge in [0.2, 0.25) is 0 Å². The van der Waals surface area contributed by atoms with E-state index in [1.807, 2.05) is 0 Å². The summed E-state index contributed by atoms with van der Waals surface area (Å²) in [4.78, 5) is 10.0. The lowest BCUT2D eigenvalue weighted by molar-refractivity contribution is -0.137. The summed E-state index contributed by atoms with van der Waals surface area (Å²) in [5.74, 6) is -0.670. The number of hydrogen-bond acceptors (Lipinski definition) is 2. The quantitative estimate of drug-likeness (QED) is 0.572. The van der Waals surface area contributed by atoms with Crippen molar-refractivity contribution in [2.45, 2.75) is 98.1 Å². The standard InChI is InChI=1S/C8H19N.C8H16O2/c1-5-7(3)9-8(4)6-2;1-2-3-4-5-6-7-8(9)10/h7-9H,5-6H2,1-4H3;2-7H2,1H3,(H,9,10). The molecule has 3 nitrogen and oxygen atoms in total. The van der Waals surface area contributed by atoms with Crippen LogP contribution in [0, 0.1) is 0 Å². The van der Waals surface area contributed by atoms with Crippen LogP contribution in [0.25, 0.3) is 0 Å². The van der Waals surface area contributed by atoms with Crippen molar-refractivity contribution >= 4 is 5.97 Å². The van der Waals surface area contributed by atoms with E-state index in [9.17, 15) is 4.79 Å². The summed E-state index contributed by atoms with van der Waals surface area (Å²) >= 11 is 0. The van der Waals surface area contributed by atoms with Gasteiger partial charge < -0.3 is 10.4 Å². The predicted molar refractivity (Wildman–Crippen MR) is 83.7 cm³/mol. The van der Waals surface area contributed by atoms with E-state index in [0.717, 1.165) is 12.8 Å². The van der Waals surface area contributed by atoms with Gasteiger partial charge in [0.05, 0.1) is 0 Å². The first kappa shape index (κ1) is 20.7. The highest BCUT2D eigenvalue weighted by Gasteiger charge is 2.01. The topological polar surface area (TPSA) is 49.3 Å². The number of carboxylic acids is 1. The minimum absolute atomic E-state index is 0.337. The van der Waals surface area contributed by atoms with Gasteiger partial charge in [-0.3, -0.25) is 4.79 Å². The Labute approximate surface area is 120 Å². The van der Waals surface area contributed by atoms with Crippen LogP contribution in [0.5, 0.6) is 0 Å². The first-order valence-corrected chi connectivity index (χ1v) is 7.95. The summed E-state index contributed by atoms with van der Waals surface area (Å²) in [6, 6.07) is 1.36. The molecule has 0 amide bonds. The predicted octanol–water partition coefficient (Wildman–Crippen LogP) is 4.60. The molecule has 0 bridgehead atoms. The fourth-order valence-electron chi connectivity index (χ4n) is 1.60. The van der Waals surface area contributed by atoms with Gasteiger partial charge in [0.15, 0.2) is 0 Å². The first-order valence-electron chi connectivity index (χ1n) is 7.95. The molecule has 2 atom stereocenters. The fourth-order valence-corrected chi connectivity index (χ4v) is 1.60. The van der Waals surface area contributed by atoms with Crippen molar-refractivity contribution in [3.8, 4) is 0 Å². The van der Waals surface area contributed by atoms with Crippen molar-refractivity contribution in [1.29, 1.82) is 0 Å². The van der Waals surface area contributed by atoms with Crippen LogP contribution in [0.15, 0.2) is 0 Å². The van der Waals surface area contributed by atoms with Crippen LogP contribution >= 0.6 is 0 Å². The van der Waals surface area contributed by atoms with E-state index in [4.69, 9.17) is 5.11 Å². The average Bonchev–Trinajstić information content (AvgIpc) is 2.38. The molecule has 0 rings (SSSR count). The number of nitrogens with one attached hydrogen (secondary N) is 1. The lowest BCUT2D eigenvalue weighted by Gasteiger charge is -2.16. The molecular weight excluding hydrogens is 238 g/mol. The van der Waals surface area contributed by atoms with Gasteiger partial charge in [-0.1, -0.05) is 46.5 Å². The molecule has 3 heteroatoms. The largest absolute Gasteiger partial charge is 0.481 e. The van der Waals surface area contributed by atoms with E-state index in [2.05, 4.69) is 39.9 Å². The van der Waals surface area contributed by atoms with Crippen LogP contribution in [-0.2, 0) is 4.79 Å². The number of carbonyl (C=O) groups is 1. The Kier molecular flexibility index (Phi) is 16.9. The van der Waals surface area contributed by atoms with E-state index >= 15 is 0 Å². The first-order chi connectivity index (χ1) is 8.97. The third-order valence-electron chi connectivity index (χ3n) is 3.29. The summed E-state index contributed by atoms with van der Waals surface area (Å²) in [7, 11) is 0. The van der Waals surface area contributed by atoms with Gasteiger partial charge in [-0.2, -0.15) is 0 Å². The smallest absolute Gasteiger partial charge is 0.303 e. The van der Waals surface area contributed by atoms with Gasteiger partial charge in [0.25, 0.3) is 0 Å². The van der Waals surface area contributed by atoms with E-state index in [0.29, 0.717) is 18.5 Å². The molecule has 0 aliphatic rings. The van der Waals surface area contributed by atoms with Crippen LogP contribution in [0.1, 0.15) is 86.0 Å². The van der Waals surface area contributed by atoms with Gasteiger partial charge in [-0.25, -0.2) is 0 Å². The molecule has 116 valence electrons. The molecule has 0 aromatic rings. The third kappa shape index (κ3) is 19.9. The molecule has 2 N–H and O–H groups in total. The molecule has 0 spiro atoms. The van der Waals surface area contributed by atoms with Crippen LogP contribution < -0.4 is 5.32 Å². The van der Waals surface area contributed by atoms with Crippen LogP contribution in [0.2, 0.25) is 0 Å². The monoisotopic (exact) mass is 273 g/mol. The van der Waals surface area contributed by atoms with Gasteiger partial charge in [-0.05, 0) is 33.1 Å². The highest BCUT2D eigenvalue weighted by Crippen LogP contribution is 2.04. The van der Waals surface area contributed by atoms with Gasteiger partial charge in [-0.15, -0.1) is 0 Å². The van der Waals surface area contributed by atoms with Crippen molar-refractivity contribution in [2.75, 3.05) is 0 Å². The summed E-state index contributed by atoms with van der Waals surface area (Å²) in [5.41, 5.74) is 0. The molecule has 0 aromatic carbocycles. The third-order valence-corrected chi connectivity index (χ3v) is 3.29. The van der Waals surface area contributed by atoms with Crippen LogP contribution in [0.3, 0.4) is 0 Å². The zero-order valence-electron chi connectivity index (χ0n) is 13.7. The minimum Gasteiger partial charge on any atom is -0.481 e. The van der Waals surface area contributed by atoms with Crippen LogP contribution in [0.4, 0.5) is 0 Å². The van der Waals surface area contributed by atoms with Crippen LogP contribution in [-0.4, -0.2) is 23.2 Å². The number of aliphatic carboxylic acids is 1. The molecule has 19 heavy (non-hydrogen) atoms. The Hall–Kier alpha value is -0.570. The molecule has 0 aliphatic carbocycles. The summed E-state index contributed by atoms with van der Waals surface area (Å²) in [5, 5.41) is 11.7. The Morgan fingerprint density at radius 2 is 1.42 bits per heavy atom. The molecule has 2 unspecified atom stereocenters. The van der Waals surface area contributed by atoms with E-state index in [-0.39, 0.29) is 0 Å². The Bertz CT molecular complexity index is 187. The van der Waals surface area contributed by atoms with Gasteiger partial charge in [0, 0.05) is 18.5 Å². The van der Waals surface area contributed by atoms with Gasteiger partial charge >= 0.3 is 5.97 Å². The van der Waals surface area contributed by atoms with E-state index in [1.54, 1.807) is 0 Å². The van der Waals surface area contributed by atoms with E-state index in [1.165, 1.54) is 32.1 Å². The number of unbranched alkanes of at least 4 members (excludes halogenated alkanes) is 4. The van der Waals surface area contributed by atoms with E-state index < -0.39 is 5.97 Å². The number of rotatable bonds is 10. The second-order valence-corrected chi connectivity index (χ2v) is 5.34. The molecular formula is C16H35NO2. The number of carboxylic acid groups (broad SMARTS) is 1. The normalized spacial score (nSPS) is 13.3. The zero-order valence-corrected chi connectivity index (χ0v) is 13.7. The molecule has 0 aromatic heterocycles. The number of hydrogen-bond donors (Lipinski definition) is 2. The van der Waals surface area contributed by atoms with Crippen molar-refractivity contribution in [1.82, 2.24) is 5.32 Å². The molecule has 0 fully saturated rings. The van der Waals surface area contributed by atoms with Crippen molar-refractivity contribution in [3.05, 3.63) is 0 Å². The Balaban J connectivity index is 0. The summed E-state index contributed by atoms with van der Waals surface area (Å²) in [6.07, 6.45) is 8.34. The maximum atomic E-state index is 10.0. The zero-order chi connectivity index (χ0) is 15.1. The van der Waals surface area contributed by atoms with Crippen molar-refractivity contribution < 1.29 is 9.90 Å². The summed E-state index contributed by atoms with van der Waals surface area (Å²) < 4.78 is 0. The fraction of sp³-hybridized carbons (Fsp3) is 0.938. The highest BCUT2D eigenvalue weighted by atomic mass is 16.4. The van der Waals surface area contributed by atoms with Gasteiger partial charge in [0.1, 0.15) is 0 Å². The summed E-state index contributed by atoms with van der Waals surface area (Å²) in [6.45, 7) is 11.0. The maximum Gasteiger partial charge on any atom is 0.303 e. The molecule has 0 heterocycles. The molecule has 0 aliphatic heterocycles. The second-order valence-electron chi connectivity index (χ2n) is 5.34. The molecule has 0 saturated carbocycles. The molecule has 0 radical (unpaired) electrons. The second kappa shape index (κ2) is 15.5. The Morgan fingerprint density at radius 1 is 0.947 bits per heavy atom. The van der Waals surface area contributed by atoms with Crippen molar-refractivity contribution in [2.24, 2.45) is 0 Å². The minimum atomic E-state index is -0.670. The Morgan fingerprint density at radius 3 is 1.79 bits per heavy atom. The average molecular weight is 273 g/mol. The lowest BCUT2D eigenvalue weighted by Crippen LogP contribution is -2.33. The molecule has 0 saturated heterocycles.